The number of aliphatic carboxylic acids is 1. The average molecular weight is 176 g/mol. The van der Waals surface area contributed by atoms with Crippen molar-refractivity contribution >= 4 is 22.1 Å². The Labute approximate surface area is 72.1 Å². The number of carbonyl (C=O) groups excluding carboxylic acids is 1. The maximum absolute atomic E-state index is 9.40. The van der Waals surface area contributed by atoms with Crippen molar-refractivity contribution in [3.8, 4) is 0 Å². The van der Waals surface area contributed by atoms with Crippen LogP contribution in [-0.2, 0) is 4.79 Å². The quantitative estimate of drug-likeness (QED) is 0.341. The summed E-state index contributed by atoms with van der Waals surface area (Å²) in [5.74, 6) is -1.12. The van der Waals surface area contributed by atoms with Crippen molar-refractivity contribution in [2.45, 2.75) is 0 Å². The molecule has 0 aromatic heterocycles. The molecule has 0 aromatic carbocycles. The Morgan fingerprint density at radius 2 is 2.29 bits per heavy atom. The Bertz CT molecular complexity index is 59.7. The summed E-state index contributed by atoms with van der Waals surface area (Å²) in [6.07, 6.45) is 0. The van der Waals surface area contributed by atoms with Crippen molar-refractivity contribution in [3.05, 3.63) is 0 Å². The molecule has 0 unspecified atom stereocenters. The summed E-state index contributed by atoms with van der Waals surface area (Å²) in [5, 5.41) is 9.40. The van der Waals surface area contributed by atoms with Gasteiger partial charge in [-0.05, 0) is 0 Å². The maximum Gasteiger partial charge on any atom is 1.00 e. The fourth-order valence-corrected chi connectivity index (χ4v) is 0.283. The smallest absolute Gasteiger partial charge is 0.549 e. The number of hydrogen-bond acceptors (Lipinski definition) is 3. The molecule has 0 heterocycles. The number of nitrogens with one attached hydrogen (secondary N) is 1. The maximum atomic E-state index is 9.40. The molecule has 0 amide bonds. The molecule has 5 heteroatoms. The topological polar surface area (TPSA) is 52.2 Å². The minimum atomic E-state index is -1.12. The predicted octanol–water partition coefficient (Wildman–Crippen LogP) is -4.36. The molecule has 0 rings (SSSR count). The van der Waals surface area contributed by atoms with E-state index in [2.05, 4.69) is 20.5 Å². The van der Waals surface area contributed by atoms with Crippen LogP contribution in [0.4, 0.5) is 0 Å². The summed E-state index contributed by atoms with van der Waals surface area (Å²) in [7, 11) is 0. The zero-order chi connectivity index (χ0) is 4.99. The molecule has 0 atom stereocenters. The number of hydrogen-bond donors (Lipinski definition) is 1. The van der Waals surface area contributed by atoms with Crippen LogP contribution in [0.3, 0.4) is 0 Å². The Morgan fingerprint density at radius 3 is 2.29 bits per heavy atom. The minimum Gasteiger partial charge on any atom is -0.549 e. The van der Waals surface area contributed by atoms with Crippen LogP contribution in [0.15, 0.2) is 0 Å². The van der Waals surface area contributed by atoms with Crippen LogP contribution in [0.25, 0.3) is 0 Å². The number of carboxylic acids is 1. The van der Waals surface area contributed by atoms with Crippen LogP contribution in [-0.4, -0.2) is 12.5 Å². The second-order valence-corrected chi connectivity index (χ2v) is 1.24. The molecule has 0 aliphatic rings. The SMILES string of the molecule is O=C([O-])CNBr.[Na+]. The third-order valence-electron chi connectivity index (χ3n) is 0.211. The Kier molecular flexibility index (Phi) is 10.7. The van der Waals surface area contributed by atoms with Gasteiger partial charge in [0.25, 0.3) is 0 Å². The first-order valence-corrected chi connectivity index (χ1v) is 2.10. The third kappa shape index (κ3) is 10.9. The first kappa shape index (κ1) is 10.8. The first-order valence-electron chi connectivity index (χ1n) is 1.30. The normalized spacial score (nSPS) is 7.00. The van der Waals surface area contributed by atoms with Gasteiger partial charge in [-0.2, -0.15) is 0 Å². The summed E-state index contributed by atoms with van der Waals surface area (Å²) in [4.78, 5) is 9.40. The van der Waals surface area contributed by atoms with Crippen molar-refractivity contribution < 1.29 is 39.5 Å². The van der Waals surface area contributed by atoms with Gasteiger partial charge >= 0.3 is 29.6 Å². The van der Waals surface area contributed by atoms with Crippen molar-refractivity contribution in [1.82, 2.24) is 4.34 Å². The van der Waals surface area contributed by atoms with Gasteiger partial charge in [-0.1, -0.05) is 0 Å². The number of carboxylic acid groups (broad SMARTS) is 1. The van der Waals surface area contributed by atoms with Gasteiger partial charge in [0.05, 0.1) is 5.97 Å². The number of carbonyl (C=O) groups is 1. The summed E-state index contributed by atoms with van der Waals surface area (Å²) in [6.45, 7) is -0.153. The predicted molar refractivity (Wildman–Crippen MR) is 21.9 cm³/mol. The van der Waals surface area contributed by atoms with E-state index >= 15 is 0 Å². The molecule has 0 spiro atoms. The van der Waals surface area contributed by atoms with E-state index in [4.69, 9.17) is 0 Å². The Hall–Kier alpha value is 0.910. The molecule has 0 radical (unpaired) electrons. The van der Waals surface area contributed by atoms with Gasteiger partial charge < -0.3 is 9.90 Å². The van der Waals surface area contributed by atoms with Crippen LogP contribution in [0.1, 0.15) is 0 Å². The molecule has 36 valence electrons. The van der Waals surface area contributed by atoms with Gasteiger partial charge in [0.1, 0.15) is 0 Å². The summed E-state index contributed by atoms with van der Waals surface area (Å²) in [6, 6.07) is 0. The van der Waals surface area contributed by atoms with Gasteiger partial charge in [-0.3, -0.25) is 4.34 Å². The Balaban J connectivity index is 0. The van der Waals surface area contributed by atoms with E-state index in [-0.39, 0.29) is 36.1 Å². The third-order valence-corrected chi connectivity index (χ3v) is 0.492. The van der Waals surface area contributed by atoms with E-state index in [1.54, 1.807) is 0 Å². The zero-order valence-electron chi connectivity index (χ0n) is 3.90. The minimum absolute atomic E-state index is 0. The van der Waals surface area contributed by atoms with Crippen molar-refractivity contribution in [3.63, 3.8) is 0 Å². The van der Waals surface area contributed by atoms with Crippen LogP contribution in [0.2, 0.25) is 0 Å². The van der Waals surface area contributed by atoms with Crippen molar-refractivity contribution in [1.29, 1.82) is 0 Å². The van der Waals surface area contributed by atoms with Gasteiger partial charge in [0.15, 0.2) is 0 Å². The molecule has 0 saturated carbocycles. The molecular weight excluding hydrogens is 173 g/mol. The zero-order valence-corrected chi connectivity index (χ0v) is 7.49. The van der Waals surface area contributed by atoms with E-state index in [1.807, 2.05) is 0 Å². The molecule has 0 aliphatic carbocycles. The van der Waals surface area contributed by atoms with Crippen LogP contribution < -0.4 is 39.0 Å². The first-order chi connectivity index (χ1) is 2.77. The second-order valence-electron chi connectivity index (χ2n) is 0.682. The Morgan fingerprint density at radius 1 is 1.86 bits per heavy atom. The van der Waals surface area contributed by atoms with Crippen molar-refractivity contribution in [2.24, 2.45) is 0 Å². The summed E-state index contributed by atoms with van der Waals surface area (Å²) < 4.78 is 2.22. The average Bonchev–Trinajstić information content (AvgIpc) is 1.35. The largest absolute Gasteiger partial charge is 1.00 e. The fourth-order valence-electron chi connectivity index (χ4n) is 0.0546. The number of rotatable bonds is 2. The van der Waals surface area contributed by atoms with Gasteiger partial charge in [-0.15, -0.1) is 0 Å². The number of halogens is 1. The standard InChI is InChI=1S/C2H4BrNO2.Na/c3-4-1-2(5)6;/h4H,1H2,(H,5,6);/q;+1/p-1. The summed E-state index contributed by atoms with van der Waals surface area (Å²) in [5.41, 5.74) is 0. The van der Waals surface area contributed by atoms with Gasteiger partial charge in [-0.25, -0.2) is 0 Å². The van der Waals surface area contributed by atoms with E-state index in [1.165, 1.54) is 0 Å². The monoisotopic (exact) mass is 175 g/mol. The van der Waals surface area contributed by atoms with E-state index < -0.39 is 5.97 Å². The molecular formula is C2H3BrNNaO2. The molecule has 0 aromatic rings. The van der Waals surface area contributed by atoms with Crippen molar-refractivity contribution in [2.75, 3.05) is 6.54 Å². The molecule has 1 N–H and O–H groups in total. The van der Waals surface area contributed by atoms with Gasteiger partial charge in [0.2, 0.25) is 0 Å². The summed E-state index contributed by atoms with van der Waals surface area (Å²) >= 11 is 2.68. The second kappa shape index (κ2) is 6.91. The molecule has 0 saturated heterocycles. The van der Waals surface area contributed by atoms with Crippen LogP contribution in [0.5, 0.6) is 0 Å². The molecule has 0 aliphatic heterocycles. The molecule has 7 heavy (non-hydrogen) atoms. The van der Waals surface area contributed by atoms with Gasteiger partial charge in [0, 0.05) is 22.7 Å². The molecule has 0 bridgehead atoms. The molecule has 3 nitrogen and oxygen atoms in total. The van der Waals surface area contributed by atoms with E-state index in [9.17, 15) is 9.90 Å². The van der Waals surface area contributed by atoms with Crippen LogP contribution >= 0.6 is 16.1 Å². The van der Waals surface area contributed by atoms with E-state index in [0.29, 0.717) is 0 Å². The molecule has 0 fully saturated rings. The van der Waals surface area contributed by atoms with Crippen LogP contribution in [0, 0.1) is 0 Å². The fraction of sp³-hybridized carbons (Fsp3) is 0.500. The van der Waals surface area contributed by atoms with E-state index in [0.717, 1.165) is 0 Å².